The van der Waals surface area contributed by atoms with Gasteiger partial charge in [-0.3, -0.25) is 4.79 Å². The van der Waals surface area contributed by atoms with Gasteiger partial charge in [0.15, 0.2) is 0 Å². The molecule has 24 heavy (non-hydrogen) atoms. The monoisotopic (exact) mass is 336 g/mol. The summed E-state index contributed by atoms with van der Waals surface area (Å²) in [7, 11) is 0. The minimum atomic E-state index is -0.655. The molecule has 7 heteroatoms. The van der Waals surface area contributed by atoms with Crippen molar-refractivity contribution in [2.45, 2.75) is 70.1 Å². The Bertz CT molecular complexity index is 578. The third-order valence-electron chi connectivity index (χ3n) is 4.96. The minimum absolute atomic E-state index is 0.0270. The van der Waals surface area contributed by atoms with E-state index in [0.717, 1.165) is 31.4 Å². The molecule has 1 aliphatic carbocycles. The molecule has 1 aromatic heterocycles. The van der Waals surface area contributed by atoms with Crippen LogP contribution in [0.2, 0.25) is 0 Å². The van der Waals surface area contributed by atoms with E-state index >= 15 is 0 Å². The summed E-state index contributed by atoms with van der Waals surface area (Å²) in [4.78, 5) is 14.3. The SMILES string of the molecule is CC1(C)CN(C(=O)Cn2cc(CC3(O)CCCCC3)nn2)CCO1. The van der Waals surface area contributed by atoms with Crippen molar-refractivity contribution >= 4 is 5.91 Å². The van der Waals surface area contributed by atoms with Crippen molar-refractivity contribution in [1.82, 2.24) is 19.9 Å². The topological polar surface area (TPSA) is 80.5 Å². The van der Waals surface area contributed by atoms with Crippen molar-refractivity contribution in [2.75, 3.05) is 19.7 Å². The molecular formula is C17H28N4O3. The molecule has 2 fully saturated rings. The zero-order chi connectivity index (χ0) is 17.2. The first-order chi connectivity index (χ1) is 11.4. The lowest BCUT2D eigenvalue weighted by Gasteiger charge is -2.38. The Morgan fingerprint density at radius 1 is 1.33 bits per heavy atom. The molecule has 1 amide bonds. The quantitative estimate of drug-likeness (QED) is 0.892. The van der Waals surface area contributed by atoms with Crippen molar-refractivity contribution in [2.24, 2.45) is 0 Å². The van der Waals surface area contributed by atoms with Gasteiger partial charge in [-0.05, 0) is 26.7 Å². The van der Waals surface area contributed by atoms with Crippen LogP contribution in [0.3, 0.4) is 0 Å². The number of hydrogen-bond acceptors (Lipinski definition) is 5. The number of hydrogen-bond donors (Lipinski definition) is 1. The second-order valence-corrected chi connectivity index (χ2v) is 7.79. The third kappa shape index (κ3) is 4.33. The van der Waals surface area contributed by atoms with E-state index in [-0.39, 0.29) is 18.1 Å². The molecule has 1 N–H and O–H groups in total. The van der Waals surface area contributed by atoms with Crippen molar-refractivity contribution in [3.63, 3.8) is 0 Å². The van der Waals surface area contributed by atoms with Crippen LogP contribution in [0.4, 0.5) is 0 Å². The minimum Gasteiger partial charge on any atom is -0.389 e. The first kappa shape index (κ1) is 17.4. The standard InChI is InChI=1S/C17H28N4O3/c1-16(2)13-20(8-9-24-16)15(22)12-21-11-14(18-19-21)10-17(23)6-4-3-5-7-17/h11,23H,3-10,12-13H2,1-2H3. The Kier molecular flexibility index (Phi) is 4.92. The van der Waals surface area contributed by atoms with Gasteiger partial charge >= 0.3 is 0 Å². The predicted octanol–water partition coefficient (Wildman–Crippen LogP) is 1.15. The Balaban J connectivity index is 1.56. The smallest absolute Gasteiger partial charge is 0.244 e. The highest BCUT2D eigenvalue weighted by molar-refractivity contribution is 5.76. The van der Waals surface area contributed by atoms with Crippen LogP contribution in [-0.4, -0.2) is 61.8 Å². The number of ether oxygens (including phenoxy) is 1. The number of aliphatic hydroxyl groups is 1. The molecule has 0 bridgehead atoms. The number of carbonyl (C=O) groups excluding carboxylic acids is 1. The van der Waals surface area contributed by atoms with E-state index < -0.39 is 5.60 Å². The van der Waals surface area contributed by atoms with Crippen LogP contribution < -0.4 is 0 Å². The molecule has 2 aliphatic rings. The number of aromatic nitrogens is 3. The summed E-state index contributed by atoms with van der Waals surface area (Å²) in [5, 5.41) is 18.8. The van der Waals surface area contributed by atoms with Crippen LogP contribution in [0.5, 0.6) is 0 Å². The number of carbonyl (C=O) groups is 1. The molecular weight excluding hydrogens is 308 g/mol. The van der Waals surface area contributed by atoms with Crippen LogP contribution in [0.1, 0.15) is 51.6 Å². The van der Waals surface area contributed by atoms with E-state index in [1.807, 2.05) is 18.7 Å². The molecule has 1 saturated carbocycles. The first-order valence-electron chi connectivity index (χ1n) is 8.88. The molecule has 1 aliphatic heterocycles. The summed E-state index contributed by atoms with van der Waals surface area (Å²) in [5.74, 6) is 0.0270. The molecule has 0 radical (unpaired) electrons. The molecule has 0 aromatic carbocycles. The van der Waals surface area contributed by atoms with Gasteiger partial charge in [0, 0.05) is 25.7 Å². The van der Waals surface area contributed by atoms with Gasteiger partial charge < -0.3 is 14.7 Å². The first-order valence-corrected chi connectivity index (χ1v) is 8.88. The molecule has 134 valence electrons. The van der Waals surface area contributed by atoms with E-state index in [9.17, 15) is 9.90 Å². The van der Waals surface area contributed by atoms with Crippen LogP contribution in [-0.2, 0) is 22.5 Å². The van der Waals surface area contributed by atoms with Gasteiger partial charge in [-0.2, -0.15) is 0 Å². The van der Waals surface area contributed by atoms with E-state index in [4.69, 9.17) is 4.74 Å². The van der Waals surface area contributed by atoms with Crippen LogP contribution in [0, 0.1) is 0 Å². The van der Waals surface area contributed by atoms with Gasteiger partial charge in [0.25, 0.3) is 0 Å². The summed E-state index contributed by atoms with van der Waals surface area (Å²) in [5.41, 5.74) is -0.197. The zero-order valence-corrected chi connectivity index (χ0v) is 14.7. The Morgan fingerprint density at radius 3 is 2.79 bits per heavy atom. The fourth-order valence-corrected chi connectivity index (χ4v) is 3.69. The average Bonchev–Trinajstić information content (AvgIpc) is 2.93. The van der Waals surface area contributed by atoms with Crippen molar-refractivity contribution in [1.29, 1.82) is 0 Å². The van der Waals surface area contributed by atoms with Gasteiger partial charge in [-0.1, -0.05) is 24.5 Å². The lowest BCUT2D eigenvalue weighted by Crippen LogP contribution is -2.51. The van der Waals surface area contributed by atoms with E-state index in [0.29, 0.717) is 26.1 Å². The lowest BCUT2D eigenvalue weighted by molar-refractivity contribution is -0.146. The normalized spacial score (nSPS) is 23.2. The summed E-state index contributed by atoms with van der Waals surface area (Å²) >= 11 is 0. The Labute approximate surface area is 143 Å². The Hall–Kier alpha value is -1.47. The van der Waals surface area contributed by atoms with Crippen molar-refractivity contribution < 1.29 is 14.6 Å². The largest absolute Gasteiger partial charge is 0.389 e. The summed E-state index contributed by atoms with van der Waals surface area (Å²) in [6.07, 6.45) is 7.27. The maximum atomic E-state index is 12.4. The molecule has 3 rings (SSSR count). The van der Waals surface area contributed by atoms with Crippen LogP contribution in [0.15, 0.2) is 6.20 Å². The predicted molar refractivity (Wildman–Crippen MR) is 88.4 cm³/mol. The lowest BCUT2D eigenvalue weighted by atomic mass is 9.82. The fourth-order valence-electron chi connectivity index (χ4n) is 3.69. The molecule has 1 aromatic rings. The third-order valence-corrected chi connectivity index (χ3v) is 4.96. The number of amides is 1. The second kappa shape index (κ2) is 6.80. The molecule has 7 nitrogen and oxygen atoms in total. The van der Waals surface area contributed by atoms with E-state index in [1.165, 1.54) is 6.42 Å². The van der Waals surface area contributed by atoms with Gasteiger partial charge in [0.2, 0.25) is 5.91 Å². The molecule has 1 saturated heterocycles. The van der Waals surface area contributed by atoms with E-state index in [2.05, 4.69) is 10.3 Å². The zero-order valence-electron chi connectivity index (χ0n) is 14.7. The highest BCUT2D eigenvalue weighted by Crippen LogP contribution is 2.30. The van der Waals surface area contributed by atoms with Crippen molar-refractivity contribution in [3.05, 3.63) is 11.9 Å². The van der Waals surface area contributed by atoms with Crippen molar-refractivity contribution in [3.8, 4) is 0 Å². The fraction of sp³-hybridized carbons (Fsp3) is 0.824. The number of rotatable bonds is 4. The Morgan fingerprint density at radius 2 is 2.08 bits per heavy atom. The number of nitrogens with zero attached hydrogens (tertiary/aromatic N) is 4. The molecule has 0 spiro atoms. The van der Waals surface area contributed by atoms with Gasteiger partial charge in [0.1, 0.15) is 6.54 Å². The molecule has 2 heterocycles. The second-order valence-electron chi connectivity index (χ2n) is 7.79. The maximum absolute atomic E-state index is 12.4. The number of morpholine rings is 1. The maximum Gasteiger partial charge on any atom is 0.244 e. The average molecular weight is 336 g/mol. The summed E-state index contributed by atoms with van der Waals surface area (Å²) in [6.45, 7) is 5.93. The van der Waals surface area contributed by atoms with Gasteiger partial charge in [-0.15, -0.1) is 5.10 Å². The van der Waals surface area contributed by atoms with E-state index in [1.54, 1.807) is 10.9 Å². The highest BCUT2D eigenvalue weighted by atomic mass is 16.5. The van der Waals surface area contributed by atoms with Crippen LogP contribution >= 0.6 is 0 Å². The summed E-state index contributed by atoms with van der Waals surface area (Å²) < 4.78 is 7.21. The van der Waals surface area contributed by atoms with Gasteiger partial charge in [0.05, 0.1) is 23.5 Å². The van der Waals surface area contributed by atoms with Gasteiger partial charge in [-0.25, -0.2) is 4.68 Å². The highest BCUT2D eigenvalue weighted by Gasteiger charge is 2.31. The van der Waals surface area contributed by atoms with Crippen LogP contribution in [0.25, 0.3) is 0 Å². The summed E-state index contributed by atoms with van der Waals surface area (Å²) in [6, 6.07) is 0. The molecule has 0 atom stereocenters. The molecule has 0 unspecified atom stereocenters.